The van der Waals surface area contributed by atoms with E-state index in [1.807, 2.05) is 56.3 Å². The molecule has 4 atom stereocenters. The number of fused-ring (bicyclic) bond motifs is 1. The molecule has 0 fully saturated rings. The zero-order valence-electron chi connectivity index (χ0n) is 17.5. The minimum atomic E-state index is -4.01. The highest BCUT2D eigenvalue weighted by Gasteiger charge is 2.45. The van der Waals surface area contributed by atoms with Crippen molar-refractivity contribution in [2.45, 2.75) is 63.7 Å². The predicted octanol–water partition coefficient (Wildman–Crippen LogP) is 5.69. The zero-order chi connectivity index (χ0) is 22.3. The quantitative estimate of drug-likeness (QED) is 0.370. The smallest absolute Gasteiger partial charge is 0.307 e. The van der Waals surface area contributed by atoms with E-state index in [0.29, 0.717) is 12.8 Å². The Morgan fingerprint density at radius 3 is 2.27 bits per heavy atom. The molecular weight excluding hydrogens is 403 g/mol. The van der Waals surface area contributed by atoms with Crippen molar-refractivity contribution in [1.82, 2.24) is 0 Å². The van der Waals surface area contributed by atoms with Gasteiger partial charge in [-0.15, -0.1) is 0 Å². The number of hydrogen-bond acceptors (Lipinski definition) is 3. The molecule has 0 bridgehead atoms. The van der Waals surface area contributed by atoms with Crippen molar-refractivity contribution in [1.29, 1.82) is 0 Å². The second-order valence-electron chi connectivity index (χ2n) is 7.75. The fourth-order valence-electron chi connectivity index (χ4n) is 4.27. The molecule has 0 heterocycles. The lowest BCUT2D eigenvalue weighted by atomic mass is 9.95. The molecule has 3 N–H and O–H groups in total. The minimum absolute atomic E-state index is 0.157. The van der Waals surface area contributed by atoms with Gasteiger partial charge in [0.15, 0.2) is 0 Å². The third kappa shape index (κ3) is 5.50. The topological polar surface area (TPSA) is 112 Å². The molecule has 0 radical (unpaired) electrons. The molecule has 2 aromatic rings. The minimum Gasteiger partial charge on any atom is -0.481 e. The molecule has 0 amide bonds. The third-order valence-corrected chi connectivity index (χ3v) is 8.90. The Bertz CT molecular complexity index is 920. The molecular formula is C23H31O6P. The van der Waals surface area contributed by atoms with Crippen molar-refractivity contribution in [3.8, 4) is 0 Å². The van der Waals surface area contributed by atoms with E-state index in [1.165, 1.54) is 0 Å². The molecule has 0 aliphatic rings. The van der Waals surface area contributed by atoms with Gasteiger partial charge in [0.2, 0.25) is 7.37 Å². The summed E-state index contributed by atoms with van der Waals surface area (Å²) in [6.07, 6.45) is 1.53. The normalized spacial score (nSPS) is 16.5. The first kappa shape index (κ1) is 24.1. The summed E-state index contributed by atoms with van der Waals surface area (Å²) in [7, 11) is -4.01. The Balaban J connectivity index is 2.54. The first-order chi connectivity index (χ1) is 14.2. The first-order valence-electron chi connectivity index (χ1n) is 10.5. The summed E-state index contributed by atoms with van der Waals surface area (Å²) in [5.74, 6) is -3.49. The van der Waals surface area contributed by atoms with E-state index >= 15 is 0 Å². The van der Waals surface area contributed by atoms with Crippen LogP contribution >= 0.6 is 7.37 Å². The second kappa shape index (κ2) is 10.7. The summed E-state index contributed by atoms with van der Waals surface area (Å²) in [6.45, 7) is 3.77. The van der Waals surface area contributed by atoms with Gasteiger partial charge in [-0.25, -0.2) is 0 Å². The van der Waals surface area contributed by atoms with E-state index in [4.69, 9.17) is 5.11 Å². The van der Waals surface area contributed by atoms with Crippen molar-refractivity contribution >= 4 is 30.1 Å². The largest absolute Gasteiger partial charge is 0.481 e. The lowest BCUT2D eigenvalue weighted by molar-refractivity contribution is -0.143. The summed E-state index contributed by atoms with van der Waals surface area (Å²) in [5.41, 5.74) is -0.958. The molecule has 0 spiro atoms. The molecule has 0 saturated heterocycles. The number of carboxylic acid groups (broad SMARTS) is 2. The van der Waals surface area contributed by atoms with Crippen LogP contribution in [0.4, 0.5) is 0 Å². The molecule has 30 heavy (non-hydrogen) atoms. The number of hydrogen-bond donors (Lipinski definition) is 3. The highest BCUT2D eigenvalue weighted by Crippen LogP contribution is 2.64. The van der Waals surface area contributed by atoms with E-state index in [2.05, 4.69) is 0 Å². The van der Waals surface area contributed by atoms with Gasteiger partial charge in [0.25, 0.3) is 0 Å². The lowest BCUT2D eigenvalue weighted by Crippen LogP contribution is -2.30. The van der Waals surface area contributed by atoms with Crippen LogP contribution in [-0.2, 0) is 14.2 Å². The Morgan fingerprint density at radius 2 is 1.67 bits per heavy atom. The van der Waals surface area contributed by atoms with Gasteiger partial charge in [0, 0.05) is 12.1 Å². The van der Waals surface area contributed by atoms with Crippen molar-refractivity contribution in [3.05, 3.63) is 48.0 Å². The molecule has 0 aliphatic carbocycles. The first-order valence-corrected chi connectivity index (χ1v) is 12.3. The Kier molecular flexibility index (Phi) is 8.63. The Labute approximate surface area is 177 Å². The average Bonchev–Trinajstić information content (AvgIpc) is 2.70. The zero-order valence-corrected chi connectivity index (χ0v) is 18.4. The molecule has 7 heteroatoms. The van der Waals surface area contributed by atoms with Gasteiger partial charge in [-0.05, 0) is 35.6 Å². The van der Waals surface area contributed by atoms with Gasteiger partial charge in [0.1, 0.15) is 0 Å². The number of unbranched alkanes of at least 4 members (excludes halogenated alkanes) is 1. The van der Waals surface area contributed by atoms with Crippen LogP contribution in [0.5, 0.6) is 0 Å². The molecule has 2 aromatic carbocycles. The Morgan fingerprint density at radius 1 is 1.00 bits per heavy atom. The van der Waals surface area contributed by atoms with Gasteiger partial charge in [-0.1, -0.05) is 69.2 Å². The number of benzene rings is 2. The van der Waals surface area contributed by atoms with E-state index in [-0.39, 0.29) is 19.3 Å². The Hall–Kier alpha value is -2.17. The van der Waals surface area contributed by atoms with Gasteiger partial charge in [-0.2, -0.15) is 0 Å². The highest BCUT2D eigenvalue weighted by molar-refractivity contribution is 7.59. The summed E-state index contributed by atoms with van der Waals surface area (Å²) >= 11 is 0. The third-order valence-electron chi connectivity index (χ3n) is 5.80. The number of rotatable bonds is 12. The van der Waals surface area contributed by atoms with Crippen molar-refractivity contribution < 1.29 is 29.3 Å². The van der Waals surface area contributed by atoms with Crippen LogP contribution in [0.15, 0.2) is 42.5 Å². The predicted molar refractivity (Wildman–Crippen MR) is 118 cm³/mol. The van der Waals surface area contributed by atoms with Crippen LogP contribution in [0.25, 0.3) is 10.8 Å². The number of carbonyl (C=O) groups is 2. The van der Waals surface area contributed by atoms with Gasteiger partial charge in [-0.3, -0.25) is 14.2 Å². The standard InChI is InChI=1S/C23H31O6P/c1-3-5-13-21(19(23(26)27)14-15-22(24)25)30(28,29)20(4-2)18-12-8-10-16-9-6-7-11-17(16)18/h6-12,19-21H,3-5,13-15H2,1-2H3,(H,24,25)(H,26,27)(H,28,29). The summed E-state index contributed by atoms with van der Waals surface area (Å²) in [6, 6.07) is 13.3. The molecule has 0 aliphatic heterocycles. The molecule has 6 nitrogen and oxygen atoms in total. The van der Waals surface area contributed by atoms with E-state index in [9.17, 15) is 24.2 Å². The molecule has 0 aromatic heterocycles. The molecule has 0 saturated carbocycles. The summed E-state index contributed by atoms with van der Waals surface area (Å²) in [5, 5.41) is 20.7. The molecule has 164 valence electrons. The van der Waals surface area contributed by atoms with Crippen molar-refractivity contribution in [2.75, 3.05) is 0 Å². The van der Waals surface area contributed by atoms with E-state index in [0.717, 1.165) is 22.8 Å². The van der Waals surface area contributed by atoms with E-state index < -0.39 is 36.5 Å². The maximum absolute atomic E-state index is 13.9. The summed E-state index contributed by atoms with van der Waals surface area (Å²) < 4.78 is 13.9. The van der Waals surface area contributed by atoms with Gasteiger partial charge >= 0.3 is 11.9 Å². The van der Waals surface area contributed by atoms with Crippen LogP contribution in [0.1, 0.15) is 63.6 Å². The van der Waals surface area contributed by atoms with Gasteiger partial charge in [0.05, 0.1) is 11.6 Å². The van der Waals surface area contributed by atoms with Crippen LogP contribution in [0.3, 0.4) is 0 Å². The fraction of sp³-hybridized carbons (Fsp3) is 0.478. The average molecular weight is 434 g/mol. The maximum Gasteiger partial charge on any atom is 0.307 e. The SMILES string of the molecule is CCCCC(C(CCC(=O)O)C(=O)O)P(=O)(O)C(CC)c1cccc2ccccc12. The monoisotopic (exact) mass is 434 g/mol. The molecule has 2 rings (SSSR count). The maximum atomic E-state index is 13.9. The molecule has 4 unspecified atom stereocenters. The number of carboxylic acids is 2. The van der Waals surface area contributed by atoms with E-state index in [1.54, 1.807) is 0 Å². The van der Waals surface area contributed by atoms with Crippen LogP contribution in [0, 0.1) is 5.92 Å². The van der Waals surface area contributed by atoms with Crippen LogP contribution < -0.4 is 0 Å². The van der Waals surface area contributed by atoms with Gasteiger partial charge < -0.3 is 15.1 Å². The van der Waals surface area contributed by atoms with Crippen molar-refractivity contribution in [2.24, 2.45) is 5.92 Å². The summed E-state index contributed by atoms with van der Waals surface area (Å²) in [4.78, 5) is 34.4. The number of aliphatic carboxylic acids is 2. The second-order valence-corrected chi connectivity index (χ2v) is 10.4. The highest BCUT2D eigenvalue weighted by atomic mass is 31.2. The van der Waals surface area contributed by atoms with Crippen molar-refractivity contribution in [3.63, 3.8) is 0 Å². The van der Waals surface area contributed by atoms with Crippen LogP contribution in [0.2, 0.25) is 0 Å². The fourth-order valence-corrected chi connectivity index (χ4v) is 7.22. The lowest BCUT2D eigenvalue weighted by Gasteiger charge is -2.33. The van der Waals surface area contributed by atoms with Crippen LogP contribution in [-0.4, -0.2) is 32.7 Å².